The van der Waals surface area contributed by atoms with Crippen LogP contribution in [0.1, 0.15) is 24.1 Å². The molecule has 31 heavy (non-hydrogen) atoms. The van der Waals surface area contributed by atoms with Crippen molar-refractivity contribution < 1.29 is 22.7 Å². The normalized spacial score (nSPS) is 12.3. The van der Waals surface area contributed by atoms with Crippen molar-refractivity contribution in [1.29, 1.82) is 0 Å². The first-order valence-electron chi connectivity index (χ1n) is 9.83. The fourth-order valence-electron chi connectivity index (χ4n) is 3.03. The molecule has 0 radical (unpaired) electrons. The number of nitrogens with one attached hydrogen (secondary N) is 1. The molecule has 0 saturated heterocycles. The molecule has 0 saturated carbocycles. The first-order chi connectivity index (χ1) is 14.7. The number of benzene rings is 2. The minimum Gasteiger partial charge on any atom is -0.497 e. The summed E-state index contributed by atoms with van der Waals surface area (Å²) in [4.78, 5) is 27.7. The van der Waals surface area contributed by atoms with Crippen LogP contribution in [0.2, 0.25) is 0 Å². The molecular formula is C22H29N3O5S. The van der Waals surface area contributed by atoms with Gasteiger partial charge >= 0.3 is 0 Å². The monoisotopic (exact) mass is 447 g/mol. The number of hydrogen-bond acceptors (Lipinski definition) is 5. The summed E-state index contributed by atoms with van der Waals surface area (Å²) in [6, 6.07) is 15.2. The van der Waals surface area contributed by atoms with E-state index >= 15 is 0 Å². The van der Waals surface area contributed by atoms with Crippen molar-refractivity contribution >= 4 is 21.8 Å². The molecule has 0 aliphatic heterocycles. The van der Waals surface area contributed by atoms with Crippen molar-refractivity contribution in [3.63, 3.8) is 0 Å². The predicted molar refractivity (Wildman–Crippen MR) is 119 cm³/mol. The third-order valence-electron chi connectivity index (χ3n) is 4.78. The Morgan fingerprint density at radius 2 is 1.68 bits per heavy atom. The van der Waals surface area contributed by atoms with E-state index in [2.05, 4.69) is 5.32 Å². The highest BCUT2D eigenvalue weighted by Crippen LogP contribution is 2.25. The number of likely N-dealkylation sites (N-methyl/N-ethyl adjacent to an activating group) is 2. The van der Waals surface area contributed by atoms with Gasteiger partial charge in [-0.05, 0) is 30.2 Å². The summed E-state index contributed by atoms with van der Waals surface area (Å²) >= 11 is 0. The van der Waals surface area contributed by atoms with Crippen molar-refractivity contribution in [2.75, 3.05) is 33.5 Å². The summed E-state index contributed by atoms with van der Waals surface area (Å²) in [6.07, 6.45) is 1.03. The highest BCUT2D eigenvalue weighted by molar-refractivity contribution is 7.88. The maximum absolute atomic E-state index is 13.3. The molecule has 0 aliphatic rings. The topological polar surface area (TPSA) is 96.0 Å². The maximum Gasteiger partial charge on any atom is 0.247 e. The number of hydrogen-bond donors (Lipinski definition) is 1. The van der Waals surface area contributed by atoms with Gasteiger partial charge in [-0.1, -0.05) is 42.5 Å². The number of sulfonamides is 1. The molecular weight excluding hydrogens is 418 g/mol. The zero-order valence-corrected chi connectivity index (χ0v) is 19.1. The quantitative estimate of drug-likeness (QED) is 0.599. The van der Waals surface area contributed by atoms with Crippen LogP contribution in [0.25, 0.3) is 0 Å². The zero-order chi connectivity index (χ0) is 23.0. The van der Waals surface area contributed by atoms with Crippen molar-refractivity contribution in [2.24, 2.45) is 0 Å². The van der Waals surface area contributed by atoms with Gasteiger partial charge in [0.2, 0.25) is 21.8 Å². The lowest BCUT2D eigenvalue weighted by Crippen LogP contribution is -2.47. The van der Waals surface area contributed by atoms with E-state index in [1.54, 1.807) is 62.6 Å². The third kappa shape index (κ3) is 6.80. The molecule has 0 spiro atoms. The van der Waals surface area contributed by atoms with Gasteiger partial charge in [0, 0.05) is 20.1 Å². The molecule has 0 fully saturated rings. The average Bonchev–Trinajstić information content (AvgIpc) is 2.74. The van der Waals surface area contributed by atoms with Crippen LogP contribution in [0.15, 0.2) is 54.6 Å². The molecule has 0 bridgehead atoms. The van der Waals surface area contributed by atoms with Crippen LogP contribution in [-0.4, -0.2) is 62.9 Å². The van der Waals surface area contributed by atoms with Crippen LogP contribution >= 0.6 is 0 Å². The first kappa shape index (κ1) is 24.4. The Morgan fingerprint density at radius 3 is 2.19 bits per heavy atom. The Balaban J connectivity index is 2.47. The molecule has 8 nitrogen and oxygen atoms in total. The van der Waals surface area contributed by atoms with Gasteiger partial charge in [-0.2, -0.15) is 4.31 Å². The average molecular weight is 448 g/mol. The molecule has 2 rings (SSSR count). The smallest absolute Gasteiger partial charge is 0.247 e. The Kier molecular flexibility index (Phi) is 8.58. The summed E-state index contributed by atoms with van der Waals surface area (Å²) in [6.45, 7) is 1.94. The zero-order valence-electron chi connectivity index (χ0n) is 18.2. The molecule has 0 aromatic heterocycles. The fourth-order valence-corrected chi connectivity index (χ4v) is 3.37. The summed E-state index contributed by atoms with van der Waals surface area (Å²) < 4.78 is 29.9. The summed E-state index contributed by atoms with van der Waals surface area (Å²) in [5.41, 5.74) is 1.42. The third-order valence-corrected chi connectivity index (χ3v) is 6.04. The number of carbonyl (C=O) groups is 2. The predicted octanol–water partition coefficient (Wildman–Crippen LogP) is 1.79. The molecule has 168 valence electrons. The fraction of sp³-hybridized carbons (Fsp3) is 0.364. The Morgan fingerprint density at radius 1 is 1.06 bits per heavy atom. The minimum absolute atomic E-state index is 0.122. The Labute approximate surface area is 183 Å². The van der Waals surface area contributed by atoms with E-state index in [1.165, 1.54) is 11.9 Å². The highest BCUT2D eigenvalue weighted by atomic mass is 32.2. The number of nitrogens with zero attached hydrogens (tertiary/aromatic N) is 2. The van der Waals surface area contributed by atoms with Gasteiger partial charge in [0.1, 0.15) is 11.8 Å². The van der Waals surface area contributed by atoms with Gasteiger partial charge in [0.25, 0.3) is 0 Å². The molecule has 9 heteroatoms. The van der Waals surface area contributed by atoms with E-state index in [9.17, 15) is 18.0 Å². The van der Waals surface area contributed by atoms with Crippen molar-refractivity contribution in [2.45, 2.75) is 19.5 Å². The van der Waals surface area contributed by atoms with E-state index in [0.29, 0.717) is 17.9 Å². The van der Waals surface area contributed by atoms with E-state index in [0.717, 1.165) is 16.1 Å². The van der Waals surface area contributed by atoms with E-state index in [-0.39, 0.29) is 19.0 Å². The molecule has 1 atom stereocenters. The van der Waals surface area contributed by atoms with E-state index in [4.69, 9.17) is 4.74 Å². The van der Waals surface area contributed by atoms with Gasteiger partial charge < -0.3 is 15.0 Å². The molecule has 0 unspecified atom stereocenters. The standard InChI is InChI=1S/C22H29N3O5S/c1-5-23-22(27)21(18-9-7-6-8-10-18)25(20(26)16-24(2)31(4,28)29)15-17-11-13-19(30-3)14-12-17/h6-14,21H,5,15-16H2,1-4H3,(H,23,27)/t21-/m1/s1. The molecule has 2 aromatic rings. The van der Waals surface area contributed by atoms with Crippen molar-refractivity contribution in [3.8, 4) is 5.75 Å². The van der Waals surface area contributed by atoms with Crippen molar-refractivity contribution in [3.05, 3.63) is 65.7 Å². The summed E-state index contributed by atoms with van der Waals surface area (Å²) in [7, 11) is -0.668. The lowest BCUT2D eigenvalue weighted by molar-refractivity contribution is -0.141. The van der Waals surface area contributed by atoms with Crippen LogP contribution in [0.5, 0.6) is 5.75 Å². The molecule has 2 amide bonds. The second kappa shape index (κ2) is 10.9. The molecule has 0 aliphatic carbocycles. The molecule has 2 aromatic carbocycles. The summed E-state index contributed by atoms with van der Waals surface area (Å²) in [5.74, 6) is -0.150. The second-order valence-electron chi connectivity index (χ2n) is 7.10. The van der Waals surface area contributed by atoms with Gasteiger partial charge in [-0.15, -0.1) is 0 Å². The van der Waals surface area contributed by atoms with Crippen LogP contribution in [0.4, 0.5) is 0 Å². The van der Waals surface area contributed by atoms with Gasteiger partial charge in [-0.25, -0.2) is 8.42 Å². The largest absolute Gasteiger partial charge is 0.497 e. The van der Waals surface area contributed by atoms with Crippen molar-refractivity contribution in [1.82, 2.24) is 14.5 Å². The highest BCUT2D eigenvalue weighted by Gasteiger charge is 2.32. The minimum atomic E-state index is -3.57. The SMILES string of the molecule is CCNC(=O)[C@@H](c1ccccc1)N(Cc1ccc(OC)cc1)C(=O)CN(C)S(C)(=O)=O. The Hall–Kier alpha value is -2.91. The Bertz CT molecular complexity index is 978. The van der Waals surface area contributed by atoms with Crippen LogP contribution in [0, 0.1) is 0 Å². The van der Waals surface area contributed by atoms with Crippen LogP contribution in [-0.2, 0) is 26.2 Å². The van der Waals surface area contributed by atoms with Gasteiger partial charge in [0.15, 0.2) is 0 Å². The number of amides is 2. The first-order valence-corrected chi connectivity index (χ1v) is 11.7. The molecule has 1 N–H and O–H groups in total. The van der Waals surface area contributed by atoms with Crippen LogP contribution in [0.3, 0.4) is 0 Å². The summed E-state index contributed by atoms with van der Waals surface area (Å²) in [5, 5.41) is 2.78. The van der Waals surface area contributed by atoms with Gasteiger partial charge in [0.05, 0.1) is 19.9 Å². The van der Waals surface area contributed by atoms with E-state index < -0.39 is 22.0 Å². The number of carbonyl (C=O) groups excluding carboxylic acids is 2. The molecule has 0 heterocycles. The lowest BCUT2D eigenvalue weighted by atomic mass is 10.0. The lowest BCUT2D eigenvalue weighted by Gasteiger charge is -2.32. The number of methoxy groups -OCH3 is 1. The van der Waals surface area contributed by atoms with Crippen LogP contribution < -0.4 is 10.1 Å². The maximum atomic E-state index is 13.3. The number of rotatable bonds is 10. The van der Waals surface area contributed by atoms with E-state index in [1.807, 2.05) is 6.07 Å². The second-order valence-corrected chi connectivity index (χ2v) is 9.19. The van der Waals surface area contributed by atoms with Gasteiger partial charge in [-0.3, -0.25) is 9.59 Å². The number of ether oxygens (including phenoxy) is 1.